The van der Waals surface area contributed by atoms with Crippen molar-refractivity contribution in [2.45, 2.75) is 0 Å². The van der Waals surface area contributed by atoms with Gasteiger partial charge in [0.05, 0.1) is 18.3 Å². The Morgan fingerprint density at radius 1 is 1.58 bits per heavy atom. The van der Waals surface area contributed by atoms with Gasteiger partial charge in [-0.05, 0) is 6.07 Å². The Bertz CT molecular complexity index is 694. The fraction of sp³-hybridized carbons (Fsp3) is 0.0833. The summed E-state index contributed by atoms with van der Waals surface area (Å²) in [5.74, 6) is 0.261. The summed E-state index contributed by atoms with van der Waals surface area (Å²) in [7, 11) is 1.56. The van der Waals surface area contributed by atoms with Crippen molar-refractivity contribution in [1.82, 2.24) is 4.98 Å². The molecule has 0 saturated heterocycles. The first kappa shape index (κ1) is 12.4. The van der Waals surface area contributed by atoms with E-state index < -0.39 is 0 Å². The molecule has 5 N–H and O–H groups in total. The van der Waals surface area contributed by atoms with Gasteiger partial charge in [-0.1, -0.05) is 0 Å². The quantitative estimate of drug-likeness (QED) is 0.375. The molecule has 0 aliphatic carbocycles. The van der Waals surface area contributed by atoms with Crippen LogP contribution in [-0.2, 0) is 0 Å². The maximum atomic E-state index is 8.78. The van der Waals surface area contributed by atoms with Crippen molar-refractivity contribution in [1.29, 1.82) is 10.7 Å². The maximum absolute atomic E-state index is 8.78. The van der Waals surface area contributed by atoms with E-state index in [4.69, 9.17) is 21.1 Å². The lowest BCUT2D eigenvalue weighted by Crippen LogP contribution is -2.21. The van der Waals surface area contributed by atoms with Crippen LogP contribution < -0.4 is 15.9 Å². The zero-order valence-electron chi connectivity index (χ0n) is 10.2. The number of nitrogens with two attached hydrogens (primary N) is 1. The van der Waals surface area contributed by atoms with Crippen molar-refractivity contribution >= 4 is 28.1 Å². The van der Waals surface area contributed by atoms with Crippen molar-refractivity contribution in [3.05, 3.63) is 24.4 Å². The lowest BCUT2D eigenvalue weighted by atomic mass is 10.2. The van der Waals surface area contributed by atoms with E-state index in [1.165, 1.54) is 0 Å². The standard InChI is InChI=1S/C12H12N6O/c1-19-7-4-9-8(2-3-16-9)10(5-7)17-18-11(6-13)12(14)15/h2-5,16-17H,1H3,(H3,14,15)/b18-11+. The van der Waals surface area contributed by atoms with Gasteiger partial charge in [-0.3, -0.25) is 10.8 Å². The molecule has 0 bridgehead atoms. The molecule has 0 aliphatic heterocycles. The lowest BCUT2D eigenvalue weighted by Gasteiger charge is -2.06. The van der Waals surface area contributed by atoms with Gasteiger partial charge in [-0.2, -0.15) is 10.4 Å². The molecule has 0 aliphatic rings. The van der Waals surface area contributed by atoms with Gasteiger partial charge in [-0.15, -0.1) is 0 Å². The molecular weight excluding hydrogens is 244 g/mol. The molecule has 0 radical (unpaired) electrons. The van der Waals surface area contributed by atoms with E-state index in [0.29, 0.717) is 11.4 Å². The molecule has 0 spiro atoms. The highest BCUT2D eigenvalue weighted by Crippen LogP contribution is 2.28. The number of hydrogen-bond acceptors (Lipinski definition) is 5. The third-order valence-corrected chi connectivity index (χ3v) is 2.53. The summed E-state index contributed by atoms with van der Waals surface area (Å²) in [6.45, 7) is 0. The number of hydrazone groups is 1. The first-order valence-corrected chi connectivity index (χ1v) is 5.39. The zero-order valence-corrected chi connectivity index (χ0v) is 10.2. The van der Waals surface area contributed by atoms with Crippen LogP contribution in [0.4, 0.5) is 5.69 Å². The highest BCUT2D eigenvalue weighted by atomic mass is 16.5. The third kappa shape index (κ3) is 2.47. The Hall–Kier alpha value is -3.01. The Morgan fingerprint density at radius 2 is 2.37 bits per heavy atom. The number of fused-ring (bicyclic) bond motifs is 1. The largest absolute Gasteiger partial charge is 0.497 e. The topological polar surface area (TPSA) is 123 Å². The average Bonchev–Trinajstić information content (AvgIpc) is 2.86. The minimum absolute atomic E-state index is 0.175. The first-order valence-electron chi connectivity index (χ1n) is 5.39. The molecule has 19 heavy (non-hydrogen) atoms. The van der Waals surface area contributed by atoms with Crippen molar-refractivity contribution in [3.8, 4) is 11.8 Å². The van der Waals surface area contributed by atoms with Crippen molar-refractivity contribution in [2.75, 3.05) is 12.5 Å². The Morgan fingerprint density at radius 3 is 3.00 bits per heavy atom. The van der Waals surface area contributed by atoms with Crippen molar-refractivity contribution < 1.29 is 4.74 Å². The first-order chi connectivity index (χ1) is 9.15. The number of nitrogens with zero attached hydrogens (tertiary/aromatic N) is 2. The molecule has 0 fully saturated rings. The number of nitriles is 1. The second-order valence-corrected chi connectivity index (χ2v) is 3.71. The number of hydrogen-bond donors (Lipinski definition) is 4. The zero-order chi connectivity index (χ0) is 13.8. The monoisotopic (exact) mass is 256 g/mol. The van der Waals surface area contributed by atoms with Gasteiger partial charge in [0.1, 0.15) is 11.8 Å². The fourth-order valence-corrected chi connectivity index (χ4v) is 1.61. The Labute approximate surface area is 109 Å². The molecule has 2 aromatic rings. The van der Waals surface area contributed by atoms with Gasteiger partial charge in [-0.25, -0.2) is 0 Å². The van der Waals surface area contributed by atoms with Gasteiger partial charge < -0.3 is 15.5 Å². The summed E-state index contributed by atoms with van der Waals surface area (Å²) in [6, 6.07) is 7.20. The van der Waals surface area contributed by atoms with Crippen molar-refractivity contribution in [2.24, 2.45) is 10.8 Å². The molecule has 7 nitrogen and oxygen atoms in total. The molecule has 96 valence electrons. The summed E-state index contributed by atoms with van der Waals surface area (Å²) in [5, 5.41) is 20.7. The summed E-state index contributed by atoms with van der Waals surface area (Å²) in [4.78, 5) is 3.06. The van der Waals surface area contributed by atoms with Crippen LogP contribution in [-0.4, -0.2) is 23.6 Å². The van der Waals surface area contributed by atoms with Gasteiger partial charge >= 0.3 is 0 Å². The minimum Gasteiger partial charge on any atom is -0.497 e. The number of amidine groups is 1. The minimum atomic E-state index is -0.386. The molecule has 0 unspecified atom stereocenters. The van der Waals surface area contributed by atoms with E-state index >= 15 is 0 Å². The average molecular weight is 256 g/mol. The molecule has 0 amide bonds. The van der Waals surface area contributed by atoms with E-state index in [1.807, 2.05) is 12.1 Å². The smallest absolute Gasteiger partial charge is 0.201 e. The predicted octanol–water partition coefficient (Wildman–Crippen LogP) is 1.40. The second-order valence-electron chi connectivity index (χ2n) is 3.71. The van der Waals surface area contributed by atoms with E-state index in [1.54, 1.807) is 25.4 Å². The lowest BCUT2D eigenvalue weighted by molar-refractivity contribution is 0.415. The summed E-state index contributed by atoms with van der Waals surface area (Å²) in [5.41, 5.74) is 9.30. The molecule has 1 heterocycles. The van der Waals surface area contributed by atoms with Crippen LogP contribution in [0.25, 0.3) is 10.9 Å². The predicted molar refractivity (Wildman–Crippen MR) is 73.4 cm³/mol. The number of aromatic amines is 1. The molecule has 7 heteroatoms. The normalized spacial score (nSPS) is 11.1. The molecule has 2 rings (SSSR count). The Kier molecular flexibility index (Phi) is 3.34. The van der Waals surface area contributed by atoms with Gasteiger partial charge in [0.25, 0.3) is 0 Å². The number of aromatic nitrogens is 1. The number of methoxy groups -OCH3 is 1. The third-order valence-electron chi connectivity index (χ3n) is 2.53. The number of benzene rings is 1. The highest BCUT2D eigenvalue weighted by Gasteiger charge is 2.06. The van der Waals surface area contributed by atoms with Crippen LogP contribution in [0, 0.1) is 16.7 Å². The van der Waals surface area contributed by atoms with Crippen LogP contribution in [0.15, 0.2) is 29.5 Å². The number of ether oxygens (including phenoxy) is 1. The van der Waals surface area contributed by atoms with E-state index in [-0.39, 0.29) is 11.5 Å². The Balaban J connectivity index is 2.42. The maximum Gasteiger partial charge on any atom is 0.201 e. The van der Waals surface area contributed by atoms with Crippen molar-refractivity contribution in [3.63, 3.8) is 0 Å². The molecule has 0 saturated carbocycles. The molecule has 0 atom stereocenters. The molecular formula is C12H12N6O. The summed E-state index contributed by atoms with van der Waals surface area (Å²) >= 11 is 0. The van der Waals surface area contributed by atoms with Gasteiger partial charge in [0.15, 0.2) is 5.84 Å². The highest BCUT2D eigenvalue weighted by molar-refractivity contribution is 6.45. The summed E-state index contributed by atoms with van der Waals surface area (Å²) in [6.07, 6.45) is 1.79. The SMILES string of the molecule is COc1cc(N/N=C(\C#N)C(=N)N)c2cc[nH]c2c1. The number of anilines is 1. The van der Waals surface area contributed by atoms with E-state index in [0.717, 1.165) is 10.9 Å². The number of H-pyrrole nitrogens is 1. The van der Waals surface area contributed by atoms with Gasteiger partial charge in [0, 0.05) is 23.7 Å². The molecule has 1 aromatic heterocycles. The van der Waals surface area contributed by atoms with Gasteiger partial charge in [0.2, 0.25) is 5.71 Å². The van der Waals surface area contributed by atoms with E-state index in [9.17, 15) is 0 Å². The number of nitrogens with one attached hydrogen (secondary N) is 3. The molecule has 1 aromatic carbocycles. The second kappa shape index (κ2) is 5.10. The summed E-state index contributed by atoms with van der Waals surface area (Å²) < 4.78 is 5.17. The van der Waals surface area contributed by atoms with Crippen LogP contribution >= 0.6 is 0 Å². The van der Waals surface area contributed by atoms with Crippen LogP contribution in [0.5, 0.6) is 5.75 Å². The van der Waals surface area contributed by atoms with E-state index in [2.05, 4.69) is 15.5 Å². The van der Waals surface area contributed by atoms with Crippen LogP contribution in [0.3, 0.4) is 0 Å². The van der Waals surface area contributed by atoms with Crippen LogP contribution in [0.2, 0.25) is 0 Å². The number of rotatable bonds is 4. The van der Waals surface area contributed by atoms with Crippen LogP contribution in [0.1, 0.15) is 0 Å². The fourth-order valence-electron chi connectivity index (χ4n) is 1.61.